The fraction of sp³-hybridized carbons (Fsp3) is 0.548. The van der Waals surface area contributed by atoms with E-state index in [1.165, 1.54) is 68.8 Å². The summed E-state index contributed by atoms with van der Waals surface area (Å²) in [5, 5.41) is 35.0. The molecule has 13 heterocycles. The number of hydrogen-bond donors (Lipinski definition) is 0. The first-order valence-electron chi connectivity index (χ1n) is 38.5. The van der Waals surface area contributed by atoms with Crippen LogP contribution in [-0.4, -0.2) is 93.2 Å². The number of nitrogens with zero attached hydrogens (tertiary/aromatic N) is 18. The zero-order valence-corrected chi connectivity index (χ0v) is 76.0. The molecule has 0 unspecified atom stereocenters. The van der Waals surface area contributed by atoms with Gasteiger partial charge in [0.25, 0.3) is 0 Å². The van der Waals surface area contributed by atoms with Crippen LogP contribution in [0, 0.1) is 23.7 Å². The van der Waals surface area contributed by atoms with Crippen LogP contribution in [0.5, 0.6) is 0 Å². The van der Waals surface area contributed by atoms with Crippen molar-refractivity contribution in [3.05, 3.63) is 199 Å². The quantitative estimate of drug-likeness (QED) is 0.0977. The van der Waals surface area contributed by atoms with Gasteiger partial charge in [-0.1, -0.05) is 234 Å². The van der Waals surface area contributed by atoms with Crippen LogP contribution in [0.3, 0.4) is 0 Å². The van der Waals surface area contributed by atoms with Crippen molar-refractivity contribution in [1.29, 1.82) is 0 Å². The molecule has 23 nitrogen and oxygen atoms in total. The Bertz CT molecular complexity index is 3190. The fourth-order valence-electron chi connectivity index (χ4n) is 7.88. The highest BCUT2D eigenvalue weighted by atomic mass is 32.1. The highest BCUT2D eigenvalue weighted by molar-refractivity contribution is 7.10. The Kier molecular flexibility index (Phi) is 55.4. The standard InChI is InChI=1S/C8H12.2C7H11N.C6H10N2.3C6H9NO.3C6H9NS.2C5H8N2O.2C5H8N2S/c1-7(2)8-5-3-4-6-8;1-6(2)7-3-4-8-5-7;1-6(2)7-4-3-5-8-7;1-5(2)6-3-4-7-8-6;1-5(2)6-3-7-4-8-6;1-5(2)6-7-3-4-8-6;1-5(2)6-3-4-7-8-6;1-5(2)6-3-7-4-8-6;1-5(2)6-7-3-4-8-6;1-5(2)6-3-4-7-8-6;1-4(2)5-7-6-3-8-5;1-4(2)5-6-3-7-8-5;1-4(2)5-7-6-3-8-5;1-4(2)5-6-3-7-8-5/h3-5,7H,6H2,1-2H3;4-6H,3H2,1-2H3;3,5-6H,4H2,1-2H3;4-5H,3H2,1-2H3;6*3-5H,1-2H3;4*3-4H,1-2H3. The maximum atomic E-state index is 4.98. The van der Waals surface area contributed by atoms with Crippen molar-refractivity contribution in [3.63, 3.8) is 0 Å². The van der Waals surface area contributed by atoms with Gasteiger partial charge in [0.1, 0.15) is 39.6 Å². The normalized spacial score (nSPS) is 12.4. The predicted octanol–water partition coefficient (Wildman–Crippen LogP) is 25.9. The molecule has 10 aromatic heterocycles. The van der Waals surface area contributed by atoms with Gasteiger partial charge < -0.3 is 22.3 Å². The molecule has 1 aliphatic carbocycles. The Morgan fingerprint density at radius 1 is 0.402 bits per heavy atom. The fourth-order valence-corrected chi connectivity index (χ4v) is 10.8. The molecule has 28 heteroatoms. The summed E-state index contributed by atoms with van der Waals surface area (Å²) in [6.45, 7) is 59.3. The number of allylic oxidation sites excluding steroid dienone is 6. The third-order valence-corrected chi connectivity index (χ3v) is 20.2. The summed E-state index contributed by atoms with van der Waals surface area (Å²) >= 11 is 8.10. The summed E-state index contributed by atoms with van der Waals surface area (Å²) in [4.78, 5) is 34.6. The summed E-state index contributed by atoms with van der Waals surface area (Å²) in [6.07, 6.45) is 38.6. The molecular formula is C84H130N18O5S5. The largest absolute Gasteiger partial charge is 0.449 e. The van der Waals surface area contributed by atoms with Gasteiger partial charge in [0.15, 0.2) is 18.6 Å². The Balaban J connectivity index is 0.000000603. The number of aliphatic imine (C=N–C) groups is 2. The molecule has 10 aromatic rings. The average molecular weight is 1630 g/mol. The number of oxazole rings is 2. The first-order chi connectivity index (χ1) is 53.3. The van der Waals surface area contributed by atoms with Crippen molar-refractivity contribution >= 4 is 80.9 Å². The van der Waals surface area contributed by atoms with Gasteiger partial charge in [-0.25, -0.2) is 24.3 Å². The highest BCUT2D eigenvalue weighted by Crippen LogP contribution is 2.22. The van der Waals surface area contributed by atoms with Crippen LogP contribution in [0.25, 0.3) is 0 Å². The van der Waals surface area contributed by atoms with E-state index in [-0.39, 0.29) is 0 Å². The molecule has 0 bridgehead atoms. The summed E-state index contributed by atoms with van der Waals surface area (Å²) in [5.74, 6) is 11.7. The van der Waals surface area contributed by atoms with Gasteiger partial charge in [-0.3, -0.25) is 15.0 Å². The number of hydrogen-bond acceptors (Lipinski definition) is 28. The molecule has 0 N–H and O–H groups in total. The topological polar surface area (TPSA) is 296 Å². The lowest BCUT2D eigenvalue weighted by Crippen LogP contribution is -2.03. The van der Waals surface area contributed by atoms with E-state index >= 15 is 0 Å². The lowest BCUT2D eigenvalue weighted by molar-refractivity contribution is 0.364. The maximum Gasteiger partial charge on any atom is 0.228 e. The van der Waals surface area contributed by atoms with Crippen molar-refractivity contribution in [2.45, 2.75) is 279 Å². The van der Waals surface area contributed by atoms with Crippen molar-refractivity contribution in [3.8, 4) is 0 Å². The van der Waals surface area contributed by atoms with Crippen LogP contribution in [0.4, 0.5) is 0 Å². The first-order valence-corrected chi connectivity index (χ1v) is 42.7. The number of aromatic nitrogens is 14. The van der Waals surface area contributed by atoms with Crippen molar-refractivity contribution in [2.75, 3.05) is 0 Å². The third-order valence-electron chi connectivity index (χ3n) is 15.0. The number of rotatable bonds is 14. The molecule has 112 heavy (non-hydrogen) atoms. The van der Waals surface area contributed by atoms with Crippen LogP contribution in [0.15, 0.2) is 188 Å². The van der Waals surface area contributed by atoms with Crippen LogP contribution >= 0.6 is 57.1 Å². The molecule has 0 spiro atoms. The van der Waals surface area contributed by atoms with Gasteiger partial charge in [0.2, 0.25) is 18.2 Å². The van der Waals surface area contributed by atoms with Gasteiger partial charge in [-0.05, 0) is 76.6 Å². The van der Waals surface area contributed by atoms with Gasteiger partial charge in [0.05, 0.1) is 29.1 Å². The highest BCUT2D eigenvalue weighted by Gasteiger charge is 2.10. The summed E-state index contributed by atoms with van der Waals surface area (Å²) < 4.78 is 32.3. The second kappa shape index (κ2) is 61.1. The van der Waals surface area contributed by atoms with E-state index in [4.69, 9.17) is 22.3 Å². The van der Waals surface area contributed by atoms with E-state index in [9.17, 15) is 0 Å². The van der Waals surface area contributed by atoms with Gasteiger partial charge in [-0.2, -0.15) is 19.6 Å². The monoisotopic (exact) mass is 1630 g/mol. The van der Waals surface area contributed by atoms with E-state index in [1.807, 2.05) is 102 Å². The lowest BCUT2D eigenvalue weighted by atomic mass is 10.0. The molecule has 0 saturated heterocycles. The SMILES string of the molecule is CC(C)C1=CC=CC1.CC(C)C1=CN=CC1.CC(C)C1=NC=CC1.CC(C)C1=NN=CC1.CC(C)c1ccno1.CC(C)c1ccns1.CC(C)c1cnco1.CC(C)c1cncs1.CC(C)c1ncco1.CC(C)c1nccs1.CC(C)c1ncno1.CC(C)c1ncns1.CC(C)c1nnco1.CC(C)c1nncs1. The molecule has 3 aliphatic heterocycles. The molecule has 616 valence electrons. The second-order valence-electron chi connectivity index (χ2n) is 29.6. The second-order valence-corrected chi connectivity index (χ2v) is 34.0. The van der Waals surface area contributed by atoms with Crippen molar-refractivity contribution < 1.29 is 22.3 Å². The van der Waals surface area contributed by atoms with Crippen LogP contribution < -0.4 is 0 Å². The van der Waals surface area contributed by atoms with Crippen molar-refractivity contribution in [2.24, 2.45) is 43.9 Å². The Hall–Kier alpha value is -8.44. The predicted molar refractivity (Wildman–Crippen MR) is 469 cm³/mol. The van der Waals surface area contributed by atoms with E-state index in [0.29, 0.717) is 88.7 Å². The molecule has 0 aromatic carbocycles. The molecule has 0 fully saturated rings. The minimum atomic E-state index is 0.345. The minimum absolute atomic E-state index is 0.345. The van der Waals surface area contributed by atoms with E-state index in [2.05, 4.69) is 272 Å². The van der Waals surface area contributed by atoms with Crippen LogP contribution in [-0.2, 0) is 0 Å². The smallest absolute Gasteiger partial charge is 0.228 e. The average Bonchev–Trinajstić information content (AvgIpc) is 3.80. The molecular weight excluding hydrogens is 1500 g/mol. The van der Waals surface area contributed by atoms with E-state index in [1.54, 1.807) is 87.8 Å². The van der Waals surface area contributed by atoms with E-state index in [0.717, 1.165) is 52.6 Å². The molecule has 4 aliphatic rings. The number of thiazole rings is 2. The Labute approximate surface area is 689 Å². The van der Waals surface area contributed by atoms with Gasteiger partial charge in [-0.15, -0.1) is 54.4 Å². The maximum absolute atomic E-state index is 4.98. The van der Waals surface area contributed by atoms with Gasteiger partial charge in [0, 0.05) is 143 Å². The van der Waals surface area contributed by atoms with Gasteiger partial charge >= 0.3 is 0 Å². The van der Waals surface area contributed by atoms with Crippen LogP contribution in [0.1, 0.15) is 333 Å². The summed E-state index contributed by atoms with van der Waals surface area (Å²) in [5.41, 5.74) is 9.15. The van der Waals surface area contributed by atoms with Crippen LogP contribution in [0.2, 0.25) is 0 Å². The molecule has 0 amide bonds. The molecule has 14 rings (SSSR count). The molecule has 0 radical (unpaired) electrons. The Morgan fingerprint density at radius 3 is 1.33 bits per heavy atom. The zero-order chi connectivity index (χ0) is 83.8. The first kappa shape index (κ1) is 102. The third kappa shape index (κ3) is 48.5. The lowest BCUT2D eigenvalue weighted by Gasteiger charge is -2.02. The van der Waals surface area contributed by atoms with Crippen molar-refractivity contribution in [1.82, 2.24) is 69.4 Å². The molecule has 0 saturated carbocycles. The minimum Gasteiger partial charge on any atom is -0.449 e. The summed E-state index contributed by atoms with van der Waals surface area (Å²) in [6, 6.07) is 3.94. The summed E-state index contributed by atoms with van der Waals surface area (Å²) in [7, 11) is 0. The van der Waals surface area contributed by atoms with E-state index < -0.39 is 0 Å². The molecule has 0 atom stereocenters. The Morgan fingerprint density at radius 2 is 1.08 bits per heavy atom. The zero-order valence-electron chi connectivity index (χ0n) is 71.9.